The predicted molar refractivity (Wildman–Crippen MR) is 98.3 cm³/mol. The van der Waals surface area contributed by atoms with E-state index in [9.17, 15) is 9.59 Å². The van der Waals surface area contributed by atoms with Gasteiger partial charge in [0.05, 0.1) is 24.9 Å². The van der Waals surface area contributed by atoms with Gasteiger partial charge in [0, 0.05) is 18.5 Å². The molecule has 1 amide bonds. The van der Waals surface area contributed by atoms with Crippen molar-refractivity contribution in [3.8, 4) is 0 Å². The lowest BCUT2D eigenvalue weighted by molar-refractivity contribution is -0.139. The van der Waals surface area contributed by atoms with Crippen molar-refractivity contribution in [1.29, 1.82) is 0 Å². The van der Waals surface area contributed by atoms with Gasteiger partial charge in [0.15, 0.2) is 0 Å². The van der Waals surface area contributed by atoms with Crippen molar-refractivity contribution in [3.63, 3.8) is 0 Å². The fourth-order valence-corrected chi connectivity index (χ4v) is 2.62. The van der Waals surface area contributed by atoms with Crippen LogP contribution in [0.2, 0.25) is 0 Å². The van der Waals surface area contributed by atoms with Crippen molar-refractivity contribution in [2.45, 2.75) is 71.2 Å². The van der Waals surface area contributed by atoms with E-state index in [1.807, 2.05) is 13.8 Å². The molecule has 0 saturated heterocycles. The first-order valence-electron chi connectivity index (χ1n) is 8.68. The summed E-state index contributed by atoms with van der Waals surface area (Å²) in [7, 11) is -4.67. The summed E-state index contributed by atoms with van der Waals surface area (Å²) in [5.74, 6) is -0.524. The van der Waals surface area contributed by atoms with Crippen LogP contribution in [0.5, 0.6) is 0 Å². The largest absolute Gasteiger partial charge is 0.463 e. The van der Waals surface area contributed by atoms with Gasteiger partial charge in [0.2, 0.25) is 5.91 Å². The second kappa shape index (κ2) is 12.0. The molecule has 158 valence electrons. The standard InChI is InChI=1S/C16H28N2O4.H2O4S/c1-5-12(6-2)22-14-9-11(16(20)21-7-3)8-13(17)15(14)18-10(4)19;1-5(2,3)4/h9,12-15H,5-8,17H2,1-4H3,(H,18,19);(H2,1,2,3,4)/t13-,14+,15+;/m0./s1. The van der Waals surface area contributed by atoms with Crippen LogP contribution in [0.15, 0.2) is 11.6 Å². The van der Waals surface area contributed by atoms with Crippen LogP contribution < -0.4 is 11.1 Å². The Morgan fingerprint density at radius 1 is 1.30 bits per heavy atom. The van der Waals surface area contributed by atoms with E-state index in [2.05, 4.69) is 5.32 Å². The van der Waals surface area contributed by atoms with E-state index in [1.54, 1.807) is 13.0 Å². The Hall–Kier alpha value is -1.53. The number of nitrogens with one attached hydrogen (secondary N) is 1. The van der Waals surface area contributed by atoms with Crippen LogP contribution in [0.25, 0.3) is 0 Å². The van der Waals surface area contributed by atoms with Crippen LogP contribution in [-0.2, 0) is 29.5 Å². The maximum Gasteiger partial charge on any atom is 0.394 e. The minimum absolute atomic E-state index is 0.0613. The Kier molecular flexibility index (Phi) is 11.4. The second-order valence-corrected chi connectivity index (χ2v) is 6.89. The first-order valence-corrected chi connectivity index (χ1v) is 10.1. The smallest absolute Gasteiger partial charge is 0.394 e. The van der Waals surface area contributed by atoms with Gasteiger partial charge in [-0.3, -0.25) is 13.9 Å². The maximum atomic E-state index is 12.0. The third-order valence-electron chi connectivity index (χ3n) is 3.80. The van der Waals surface area contributed by atoms with Crippen LogP contribution >= 0.6 is 0 Å². The van der Waals surface area contributed by atoms with Crippen LogP contribution in [0, 0.1) is 0 Å². The fraction of sp³-hybridized carbons (Fsp3) is 0.750. The van der Waals surface area contributed by atoms with E-state index in [4.69, 9.17) is 32.7 Å². The number of amides is 1. The van der Waals surface area contributed by atoms with E-state index >= 15 is 0 Å². The molecule has 0 aliphatic heterocycles. The first kappa shape index (κ1) is 25.5. The SMILES string of the molecule is CCOC(=O)C1=C[C@@H](OC(CC)CC)[C@H](NC(C)=O)[C@@H](N)C1.O=S(=O)(O)O. The van der Waals surface area contributed by atoms with E-state index in [0.717, 1.165) is 12.8 Å². The topological polar surface area (TPSA) is 165 Å². The van der Waals surface area contributed by atoms with Gasteiger partial charge < -0.3 is 20.5 Å². The molecule has 0 aromatic carbocycles. The summed E-state index contributed by atoms with van der Waals surface area (Å²) in [6.45, 7) is 7.62. The number of hydrogen-bond acceptors (Lipinski definition) is 7. The zero-order valence-corrected chi connectivity index (χ0v) is 16.9. The van der Waals surface area contributed by atoms with Crippen LogP contribution in [0.1, 0.15) is 47.0 Å². The Morgan fingerprint density at radius 2 is 1.81 bits per heavy atom. The van der Waals surface area contributed by atoms with Gasteiger partial charge in [-0.25, -0.2) is 4.79 Å². The maximum absolute atomic E-state index is 12.0. The van der Waals surface area contributed by atoms with Crippen molar-refractivity contribution in [1.82, 2.24) is 5.32 Å². The summed E-state index contributed by atoms with van der Waals surface area (Å²) in [6, 6.07) is -0.719. The molecule has 5 N–H and O–H groups in total. The number of rotatable bonds is 7. The van der Waals surface area contributed by atoms with Crippen molar-refractivity contribution in [2.75, 3.05) is 6.61 Å². The van der Waals surface area contributed by atoms with Gasteiger partial charge in [-0.1, -0.05) is 13.8 Å². The average molecular weight is 410 g/mol. The predicted octanol–water partition coefficient (Wildman–Crippen LogP) is 0.633. The number of carbonyl (C=O) groups is 2. The normalized spacial score (nSPS) is 22.4. The highest BCUT2D eigenvalue weighted by Gasteiger charge is 2.35. The summed E-state index contributed by atoms with van der Waals surface area (Å²) < 4.78 is 42.7. The van der Waals surface area contributed by atoms with Crippen LogP contribution in [-0.4, -0.2) is 60.3 Å². The minimum atomic E-state index is -4.67. The molecule has 1 rings (SSSR count). The Balaban J connectivity index is 0.00000119. The number of hydrogen-bond donors (Lipinski definition) is 4. The van der Waals surface area contributed by atoms with Gasteiger partial charge in [0.1, 0.15) is 0 Å². The summed E-state index contributed by atoms with van der Waals surface area (Å²) in [5.41, 5.74) is 6.68. The van der Waals surface area contributed by atoms with Crippen molar-refractivity contribution in [3.05, 3.63) is 11.6 Å². The number of esters is 1. The van der Waals surface area contributed by atoms with Gasteiger partial charge in [0.25, 0.3) is 0 Å². The van der Waals surface area contributed by atoms with Gasteiger partial charge in [-0.15, -0.1) is 0 Å². The van der Waals surface area contributed by atoms with E-state index in [0.29, 0.717) is 18.6 Å². The molecule has 0 fully saturated rings. The van der Waals surface area contributed by atoms with E-state index in [1.165, 1.54) is 6.92 Å². The van der Waals surface area contributed by atoms with Gasteiger partial charge >= 0.3 is 16.4 Å². The molecule has 27 heavy (non-hydrogen) atoms. The molecule has 1 aliphatic carbocycles. The summed E-state index contributed by atoms with van der Waals surface area (Å²) in [5, 5.41) is 2.84. The molecular formula is C16H30N2O8S. The Bertz CT molecular complexity index is 608. The van der Waals surface area contributed by atoms with Crippen molar-refractivity contribution >= 4 is 22.3 Å². The highest BCUT2D eigenvalue weighted by Crippen LogP contribution is 2.24. The number of ether oxygens (including phenoxy) is 2. The lowest BCUT2D eigenvalue weighted by atomic mass is 9.88. The van der Waals surface area contributed by atoms with Gasteiger partial charge in [-0.05, 0) is 32.3 Å². The molecule has 3 atom stereocenters. The lowest BCUT2D eigenvalue weighted by Gasteiger charge is -2.36. The molecule has 10 nitrogen and oxygen atoms in total. The van der Waals surface area contributed by atoms with E-state index < -0.39 is 16.5 Å². The molecule has 0 unspecified atom stereocenters. The first-order chi connectivity index (χ1) is 12.4. The van der Waals surface area contributed by atoms with Crippen LogP contribution in [0.4, 0.5) is 0 Å². The highest BCUT2D eigenvalue weighted by molar-refractivity contribution is 7.79. The summed E-state index contributed by atoms with van der Waals surface area (Å²) in [4.78, 5) is 23.4. The summed E-state index contributed by atoms with van der Waals surface area (Å²) in [6.07, 6.45) is 3.48. The lowest BCUT2D eigenvalue weighted by Crippen LogP contribution is -2.57. The molecule has 0 aromatic rings. The molecule has 0 spiro atoms. The molecule has 0 radical (unpaired) electrons. The number of carbonyl (C=O) groups excluding carboxylic acids is 2. The second-order valence-electron chi connectivity index (χ2n) is 5.99. The third kappa shape index (κ3) is 11.0. The van der Waals surface area contributed by atoms with Crippen molar-refractivity contribution < 1.29 is 36.6 Å². The van der Waals surface area contributed by atoms with Gasteiger partial charge in [-0.2, -0.15) is 8.42 Å². The quantitative estimate of drug-likeness (QED) is 0.348. The third-order valence-corrected chi connectivity index (χ3v) is 3.80. The summed E-state index contributed by atoms with van der Waals surface area (Å²) >= 11 is 0. The Morgan fingerprint density at radius 3 is 2.22 bits per heavy atom. The zero-order chi connectivity index (χ0) is 21.2. The monoisotopic (exact) mass is 410 g/mol. The zero-order valence-electron chi connectivity index (χ0n) is 16.0. The molecule has 1 aliphatic rings. The fourth-order valence-electron chi connectivity index (χ4n) is 2.62. The average Bonchev–Trinajstić information content (AvgIpc) is 2.53. The Labute approximate surface area is 160 Å². The molecule has 0 saturated carbocycles. The number of nitrogens with two attached hydrogens (primary N) is 1. The molecule has 11 heteroatoms. The minimum Gasteiger partial charge on any atom is -0.463 e. The van der Waals surface area contributed by atoms with Crippen molar-refractivity contribution in [2.24, 2.45) is 5.73 Å². The molecule has 0 heterocycles. The molecule has 0 bridgehead atoms. The van der Waals surface area contributed by atoms with Crippen LogP contribution in [0.3, 0.4) is 0 Å². The van der Waals surface area contributed by atoms with E-state index in [-0.39, 0.29) is 30.1 Å². The highest BCUT2D eigenvalue weighted by atomic mass is 32.3. The molecule has 0 aromatic heterocycles. The molecular weight excluding hydrogens is 380 g/mol.